The van der Waals surface area contributed by atoms with E-state index in [0.29, 0.717) is 29.8 Å². The molecule has 0 aliphatic carbocycles. The van der Waals surface area contributed by atoms with Gasteiger partial charge in [-0.2, -0.15) is 0 Å². The van der Waals surface area contributed by atoms with Crippen molar-refractivity contribution < 1.29 is 14.3 Å². The Morgan fingerprint density at radius 1 is 1.03 bits per heavy atom. The molecule has 7 nitrogen and oxygen atoms in total. The van der Waals surface area contributed by atoms with Crippen molar-refractivity contribution in [3.05, 3.63) is 85.7 Å². The average Bonchev–Trinajstić information content (AvgIpc) is 3.24. The van der Waals surface area contributed by atoms with Crippen LogP contribution in [0.2, 0.25) is 0 Å². The van der Waals surface area contributed by atoms with Crippen LogP contribution in [-0.2, 0) is 11.4 Å². The highest BCUT2D eigenvalue weighted by Gasteiger charge is 2.18. The first kappa shape index (κ1) is 23.1. The van der Waals surface area contributed by atoms with Crippen LogP contribution < -0.4 is 9.47 Å². The maximum atomic E-state index is 12.6. The Morgan fingerprint density at radius 2 is 1.69 bits per heavy atom. The number of para-hydroxylation sites is 1. The van der Waals surface area contributed by atoms with Crippen molar-refractivity contribution in [3.63, 3.8) is 0 Å². The summed E-state index contributed by atoms with van der Waals surface area (Å²) in [7, 11) is 1.62. The average molecular weight is 451 g/mol. The number of rotatable bonds is 12. The molecule has 0 fully saturated rings. The molecule has 3 rings (SSSR count). The van der Waals surface area contributed by atoms with Crippen LogP contribution in [-0.4, -0.2) is 51.5 Å². The number of hydrogen-bond donors (Lipinski definition) is 0. The first-order valence-corrected chi connectivity index (χ1v) is 11.0. The summed E-state index contributed by atoms with van der Waals surface area (Å²) in [5.74, 6) is 2.30. The Morgan fingerprint density at radius 3 is 2.31 bits per heavy atom. The fourth-order valence-corrected chi connectivity index (χ4v) is 3.82. The van der Waals surface area contributed by atoms with E-state index in [1.165, 1.54) is 11.8 Å². The van der Waals surface area contributed by atoms with Crippen LogP contribution in [0.1, 0.15) is 5.82 Å². The number of nitrogens with zero attached hydrogens (tertiary/aromatic N) is 4. The molecule has 166 valence electrons. The quantitative estimate of drug-likeness (QED) is 0.305. The molecular formula is C24H26N4O3S. The maximum Gasteiger partial charge on any atom is 0.233 e. The lowest BCUT2D eigenvalue weighted by molar-refractivity contribution is -0.127. The second-order valence-corrected chi connectivity index (χ2v) is 7.64. The third-order valence-corrected chi connectivity index (χ3v) is 5.43. The second-order valence-electron chi connectivity index (χ2n) is 6.70. The third kappa shape index (κ3) is 6.01. The SMILES string of the molecule is C=CCN(CC=C)C(=O)CSc1nnc(COc2ccc(OC)cc2)n1-c1ccccc1. The van der Waals surface area contributed by atoms with E-state index in [2.05, 4.69) is 23.4 Å². The molecule has 0 saturated carbocycles. The van der Waals surface area contributed by atoms with Gasteiger partial charge in [0.15, 0.2) is 11.0 Å². The zero-order valence-electron chi connectivity index (χ0n) is 18.0. The monoisotopic (exact) mass is 450 g/mol. The molecule has 3 aromatic rings. The predicted molar refractivity (Wildman–Crippen MR) is 126 cm³/mol. The summed E-state index contributed by atoms with van der Waals surface area (Å²) in [5.41, 5.74) is 0.898. The zero-order valence-corrected chi connectivity index (χ0v) is 18.8. The lowest BCUT2D eigenvalue weighted by Crippen LogP contribution is -2.32. The predicted octanol–water partition coefficient (Wildman–Crippen LogP) is 4.15. The van der Waals surface area contributed by atoms with Gasteiger partial charge in [0.25, 0.3) is 0 Å². The van der Waals surface area contributed by atoms with Gasteiger partial charge >= 0.3 is 0 Å². The molecule has 1 heterocycles. The Hall–Kier alpha value is -3.52. The van der Waals surface area contributed by atoms with Crippen molar-refractivity contribution in [1.29, 1.82) is 0 Å². The van der Waals surface area contributed by atoms with E-state index in [4.69, 9.17) is 9.47 Å². The molecular weight excluding hydrogens is 424 g/mol. The Bertz CT molecular complexity index is 1030. The number of hydrogen-bond acceptors (Lipinski definition) is 6. The summed E-state index contributed by atoms with van der Waals surface area (Å²) in [6.07, 6.45) is 3.40. The number of aromatic nitrogens is 3. The molecule has 8 heteroatoms. The molecule has 0 N–H and O–H groups in total. The molecule has 1 aromatic heterocycles. The van der Waals surface area contributed by atoms with Gasteiger partial charge in [-0.25, -0.2) is 0 Å². The van der Waals surface area contributed by atoms with E-state index < -0.39 is 0 Å². The summed E-state index contributed by atoms with van der Waals surface area (Å²) in [6, 6.07) is 17.1. The molecule has 0 aliphatic heterocycles. The number of ether oxygens (including phenoxy) is 2. The minimum Gasteiger partial charge on any atom is -0.497 e. The van der Waals surface area contributed by atoms with E-state index in [-0.39, 0.29) is 18.3 Å². The van der Waals surface area contributed by atoms with Gasteiger partial charge in [0.1, 0.15) is 18.1 Å². The molecule has 0 radical (unpaired) electrons. The highest BCUT2D eigenvalue weighted by molar-refractivity contribution is 7.99. The Balaban J connectivity index is 1.77. The van der Waals surface area contributed by atoms with Gasteiger partial charge in [0, 0.05) is 18.8 Å². The van der Waals surface area contributed by atoms with Crippen molar-refractivity contribution in [3.8, 4) is 17.2 Å². The number of methoxy groups -OCH3 is 1. The molecule has 0 atom stereocenters. The molecule has 0 aliphatic rings. The number of amides is 1. The molecule has 0 unspecified atom stereocenters. The van der Waals surface area contributed by atoms with Crippen molar-refractivity contribution in [1.82, 2.24) is 19.7 Å². The Kier molecular flexibility index (Phi) is 8.51. The number of carbonyl (C=O) groups excluding carboxylic acids is 1. The number of benzene rings is 2. The van der Waals surface area contributed by atoms with Gasteiger partial charge in [-0.3, -0.25) is 9.36 Å². The van der Waals surface area contributed by atoms with E-state index in [1.807, 2.05) is 59.2 Å². The van der Waals surface area contributed by atoms with Crippen molar-refractivity contribution in [2.24, 2.45) is 0 Å². The van der Waals surface area contributed by atoms with Gasteiger partial charge in [-0.05, 0) is 36.4 Å². The molecule has 32 heavy (non-hydrogen) atoms. The van der Waals surface area contributed by atoms with Crippen LogP contribution in [0.15, 0.2) is 85.1 Å². The highest BCUT2D eigenvalue weighted by atomic mass is 32.2. The second kappa shape index (κ2) is 11.8. The minimum atomic E-state index is -0.0200. The molecule has 2 aromatic carbocycles. The van der Waals surface area contributed by atoms with Crippen molar-refractivity contribution in [2.75, 3.05) is 26.0 Å². The smallest absolute Gasteiger partial charge is 0.233 e. The lowest BCUT2D eigenvalue weighted by atomic mass is 10.3. The van der Waals surface area contributed by atoms with E-state index in [0.717, 1.165) is 11.4 Å². The van der Waals surface area contributed by atoms with E-state index in [1.54, 1.807) is 24.2 Å². The first-order chi connectivity index (χ1) is 15.7. The maximum absolute atomic E-state index is 12.6. The van der Waals surface area contributed by atoms with Crippen molar-refractivity contribution >= 4 is 17.7 Å². The van der Waals surface area contributed by atoms with Gasteiger partial charge in [-0.15, -0.1) is 23.4 Å². The lowest BCUT2D eigenvalue weighted by Gasteiger charge is -2.19. The van der Waals surface area contributed by atoms with Crippen LogP contribution in [0.25, 0.3) is 5.69 Å². The number of thioether (sulfide) groups is 1. The summed E-state index contributed by atoms with van der Waals surface area (Å²) < 4.78 is 13.0. The normalized spacial score (nSPS) is 10.4. The van der Waals surface area contributed by atoms with Gasteiger partial charge in [0.2, 0.25) is 5.91 Å². The third-order valence-electron chi connectivity index (χ3n) is 4.52. The highest BCUT2D eigenvalue weighted by Crippen LogP contribution is 2.24. The van der Waals surface area contributed by atoms with Crippen LogP contribution >= 0.6 is 11.8 Å². The zero-order chi connectivity index (χ0) is 22.8. The fourth-order valence-electron chi connectivity index (χ4n) is 2.95. The molecule has 0 saturated heterocycles. The topological polar surface area (TPSA) is 69.5 Å². The summed E-state index contributed by atoms with van der Waals surface area (Å²) in [6.45, 7) is 8.59. The van der Waals surface area contributed by atoms with Crippen LogP contribution in [0, 0.1) is 0 Å². The molecule has 1 amide bonds. The summed E-state index contributed by atoms with van der Waals surface area (Å²) >= 11 is 1.33. The molecule has 0 spiro atoms. The van der Waals surface area contributed by atoms with Gasteiger partial charge in [0.05, 0.1) is 12.9 Å². The first-order valence-electron chi connectivity index (χ1n) is 10.0. The van der Waals surface area contributed by atoms with Crippen LogP contribution in [0.4, 0.5) is 0 Å². The van der Waals surface area contributed by atoms with E-state index >= 15 is 0 Å². The van der Waals surface area contributed by atoms with Crippen LogP contribution in [0.5, 0.6) is 11.5 Å². The fraction of sp³-hybridized carbons (Fsp3) is 0.208. The number of carbonyl (C=O) groups is 1. The van der Waals surface area contributed by atoms with Crippen LogP contribution in [0.3, 0.4) is 0 Å². The minimum absolute atomic E-state index is 0.0200. The standard InChI is InChI=1S/C24H26N4O3S/c1-4-15-27(16-5-2)23(29)18-32-24-26-25-22(28(24)19-9-7-6-8-10-19)17-31-21-13-11-20(30-3)12-14-21/h4-14H,1-2,15-18H2,3H3. The van der Waals surface area contributed by atoms with Gasteiger partial charge < -0.3 is 14.4 Å². The largest absolute Gasteiger partial charge is 0.497 e. The van der Waals surface area contributed by atoms with Gasteiger partial charge in [-0.1, -0.05) is 42.1 Å². The molecule has 0 bridgehead atoms. The van der Waals surface area contributed by atoms with E-state index in [9.17, 15) is 4.79 Å². The van der Waals surface area contributed by atoms with Crippen molar-refractivity contribution in [2.45, 2.75) is 11.8 Å². The summed E-state index contributed by atoms with van der Waals surface area (Å²) in [5, 5.41) is 9.26. The summed E-state index contributed by atoms with van der Waals surface area (Å²) in [4.78, 5) is 14.3. The Labute approximate surface area is 192 Å².